The van der Waals surface area contributed by atoms with Gasteiger partial charge in [0.1, 0.15) is 11.5 Å². The van der Waals surface area contributed by atoms with E-state index in [9.17, 15) is 4.79 Å². The molecule has 6 heteroatoms. The second-order valence-electron chi connectivity index (χ2n) is 5.64. The average Bonchev–Trinajstić information content (AvgIpc) is 3.04. The van der Waals surface area contributed by atoms with E-state index < -0.39 is 0 Å². The van der Waals surface area contributed by atoms with Crippen LogP contribution in [0, 0.1) is 10.5 Å². The third-order valence-electron chi connectivity index (χ3n) is 3.62. The fourth-order valence-corrected chi connectivity index (χ4v) is 3.57. The summed E-state index contributed by atoms with van der Waals surface area (Å²) in [6.45, 7) is 1.95. The number of nitrogens with one attached hydrogen (secondary N) is 1. The van der Waals surface area contributed by atoms with Crippen molar-refractivity contribution in [2.24, 2.45) is 0 Å². The molecule has 1 heterocycles. The lowest BCUT2D eigenvalue weighted by Crippen LogP contribution is -2.08. The number of hydrogen-bond acceptors (Lipinski definition) is 2. The molecule has 1 amide bonds. The summed E-state index contributed by atoms with van der Waals surface area (Å²) in [4.78, 5) is 12.1. The lowest BCUT2D eigenvalue weighted by atomic mass is 10.2. The maximum absolute atomic E-state index is 12.1. The Morgan fingerprint density at radius 2 is 1.81 bits per heavy atom. The fourth-order valence-electron chi connectivity index (χ4n) is 2.39. The topological polar surface area (TPSA) is 42.2 Å². The van der Waals surface area contributed by atoms with Crippen LogP contribution in [0.3, 0.4) is 0 Å². The first-order valence-electron chi connectivity index (χ1n) is 7.72. The molecule has 3 aromatic rings. The monoisotopic (exact) mass is 497 g/mol. The SMILES string of the molecule is Cc1cc(I)ccc1NC(=O)/C=C/c1ccc(-c2cc(Cl)cc(Cl)c2)o1. The van der Waals surface area contributed by atoms with Crippen molar-refractivity contribution in [3.8, 4) is 11.3 Å². The van der Waals surface area contributed by atoms with Crippen LogP contribution in [0.25, 0.3) is 17.4 Å². The van der Waals surface area contributed by atoms with Gasteiger partial charge in [0, 0.05) is 30.9 Å². The van der Waals surface area contributed by atoms with Crippen LogP contribution in [-0.2, 0) is 4.79 Å². The van der Waals surface area contributed by atoms with Gasteiger partial charge in [-0.3, -0.25) is 4.79 Å². The minimum atomic E-state index is -0.224. The number of furan rings is 1. The maximum atomic E-state index is 12.1. The second-order valence-corrected chi connectivity index (χ2v) is 7.76. The van der Waals surface area contributed by atoms with Crippen molar-refractivity contribution in [2.75, 3.05) is 5.32 Å². The Morgan fingerprint density at radius 1 is 1.08 bits per heavy atom. The molecule has 0 saturated carbocycles. The largest absolute Gasteiger partial charge is 0.457 e. The molecule has 0 unspecified atom stereocenters. The minimum Gasteiger partial charge on any atom is -0.457 e. The Kier molecular flexibility index (Phi) is 6.06. The molecular weight excluding hydrogens is 484 g/mol. The number of carbonyl (C=O) groups excluding carboxylic acids is 1. The van der Waals surface area contributed by atoms with Crippen molar-refractivity contribution < 1.29 is 9.21 Å². The summed E-state index contributed by atoms with van der Waals surface area (Å²) in [6, 6.07) is 14.6. The molecule has 3 rings (SSSR count). The summed E-state index contributed by atoms with van der Waals surface area (Å²) in [7, 11) is 0. The van der Waals surface area contributed by atoms with Crippen molar-refractivity contribution in [3.63, 3.8) is 0 Å². The molecule has 1 aromatic heterocycles. The van der Waals surface area contributed by atoms with Crippen LogP contribution in [0.4, 0.5) is 5.69 Å². The van der Waals surface area contributed by atoms with E-state index in [0.29, 0.717) is 21.6 Å². The van der Waals surface area contributed by atoms with Gasteiger partial charge >= 0.3 is 0 Å². The number of rotatable bonds is 4. The van der Waals surface area contributed by atoms with Gasteiger partial charge in [-0.2, -0.15) is 0 Å². The molecule has 0 aliphatic carbocycles. The number of halogens is 3. The molecular formula is C20H14Cl2INO2. The molecule has 0 radical (unpaired) electrons. The molecule has 1 N–H and O–H groups in total. The van der Waals surface area contributed by atoms with Gasteiger partial charge in [0.2, 0.25) is 5.91 Å². The first-order valence-corrected chi connectivity index (χ1v) is 9.56. The van der Waals surface area contributed by atoms with Gasteiger partial charge in [0.25, 0.3) is 0 Å². The highest BCUT2D eigenvalue weighted by molar-refractivity contribution is 14.1. The Morgan fingerprint density at radius 3 is 2.50 bits per heavy atom. The Balaban J connectivity index is 1.71. The summed E-state index contributed by atoms with van der Waals surface area (Å²) in [5.41, 5.74) is 2.58. The van der Waals surface area contributed by atoms with Crippen molar-refractivity contribution in [2.45, 2.75) is 6.92 Å². The molecule has 132 valence electrons. The summed E-state index contributed by atoms with van der Waals surface area (Å²) >= 11 is 14.3. The molecule has 3 nitrogen and oxygen atoms in total. The van der Waals surface area contributed by atoms with E-state index in [1.54, 1.807) is 30.3 Å². The van der Waals surface area contributed by atoms with Crippen LogP contribution in [0.5, 0.6) is 0 Å². The van der Waals surface area contributed by atoms with Gasteiger partial charge < -0.3 is 9.73 Å². The van der Waals surface area contributed by atoms with E-state index in [-0.39, 0.29) is 5.91 Å². The fraction of sp³-hybridized carbons (Fsp3) is 0.0500. The zero-order valence-electron chi connectivity index (χ0n) is 13.7. The van der Waals surface area contributed by atoms with Gasteiger partial charge in [-0.25, -0.2) is 0 Å². The summed E-state index contributed by atoms with van der Waals surface area (Å²) in [5.74, 6) is 0.964. The predicted molar refractivity (Wildman–Crippen MR) is 116 cm³/mol. The van der Waals surface area contributed by atoms with E-state index in [4.69, 9.17) is 27.6 Å². The number of hydrogen-bond donors (Lipinski definition) is 1. The van der Waals surface area contributed by atoms with Crippen molar-refractivity contribution in [1.82, 2.24) is 0 Å². The first kappa shape index (κ1) is 19.0. The highest BCUT2D eigenvalue weighted by atomic mass is 127. The van der Waals surface area contributed by atoms with E-state index in [1.807, 2.05) is 31.2 Å². The van der Waals surface area contributed by atoms with Crippen molar-refractivity contribution in [1.29, 1.82) is 0 Å². The lowest BCUT2D eigenvalue weighted by molar-refractivity contribution is -0.111. The Bertz CT molecular complexity index is 975. The van der Waals surface area contributed by atoms with Crippen LogP contribution in [0.2, 0.25) is 10.0 Å². The summed E-state index contributed by atoms with van der Waals surface area (Å²) < 4.78 is 6.86. The highest BCUT2D eigenvalue weighted by Crippen LogP contribution is 2.29. The van der Waals surface area contributed by atoms with E-state index >= 15 is 0 Å². The zero-order valence-corrected chi connectivity index (χ0v) is 17.4. The Hall–Kier alpha value is -1.76. The molecule has 0 atom stereocenters. The van der Waals surface area contributed by atoms with Crippen LogP contribution in [0.15, 0.2) is 59.0 Å². The third kappa shape index (κ3) is 4.90. The predicted octanol–water partition coefficient (Wildman–Crippen LogP) is 6.82. The first-order chi connectivity index (χ1) is 12.4. The third-order valence-corrected chi connectivity index (χ3v) is 4.73. The Labute approximate surface area is 175 Å². The zero-order chi connectivity index (χ0) is 18.7. The van der Waals surface area contributed by atoms with Crippen LogP contribution in [0.1, 0.15) is 11.3 Å². The van der Waals surface area contributed by atoms with Gasteiger partial charge in [0.05, 0.1) is 0 Å². The van der Waals surface area contributed by atoms with Crippen LogP contribution >= 0.6 is 45.8 Å². The number of amides is 1. The highest BCUT2D eigenvalue weighted by Gasteiger charge is 2.07. The van der Waals surface area contributed by atoms with Crippen molar-refractivity contribution in [3.05, 3.63) is 79.5 Å². The smallest absolute Gasteiger partial charge is 0.248 e. The molecule has 0 saturated heterocycles. The summed E-state index contributed by atoms with van der Waals surface area (Å²) in [5, 5.41) is 3.93. The molecule has 0 aliphatic heterocycles. The average molecular weight is 498 g/mol. The van der Waals surface area contributed by atoms with Gasteiger partial charge in [-0.05, 0) is 89.7 Å². The van der Waals surface area contributed by atoms with E-state index in [1.165, 1.54) is 6.08 Å². The molecule has 2 aromatic carbocycles. The molecule has 0 fully saturated rings. The van der Waals surface area contributed by atoms with Gasteiger partial charge in [-0.1, -0.05) is 23.2 Å². The quantitative estimate of drug-likeness (QED) is 0.317. The molecule has 26 heavy (non-hydrogen) atoms. The lowest BCUT2D eigenvalue weighted by Gasteiger charge is -2.06. The minimum absolute atomic E-state index is 0.224. The van der Waals surface area contributed by atoms with Gasteiger partial charge in [-0.15, -0.1) is 0 Å². The van der Waals surface area contributed by atoms with E-state index in [0.717, 1.165) is 20.4 Å². The number of aryl methyl sites for hydroxylation is 1. The number of benzene rings is 2. The van der Waals surface area contributed by atoms with Crippen molar-refractivity contribution >= 4 is 63.5 Å². The van der Waals surface area contributed by atoms with Crippen LogP contribution in [-0.4, -0.2) is 5.91 Å². The van der Waals surface area contributed by atoms with Gasteiger partial charge in [0.15, 0.2) is 0 Å². The number of carbonyl (C=O) groups is 1. The molecule has 0 bridgehead atoms. The maximum Gasteiger partial charge on any atom is 0.248 e. The molecule has 0 spiro atoms. The van der Waals surface area contributed by atoms with Crippen LogP contribution < -0.4 is 5.32 Å². The van der Waals surface area contributed by atoms with E-state index in [2.05, 4.69) is 27.9 Å². The normalized spacial score (nSPS) is 11.1. The molecule has 0 aliphatic rings. The standard InChI is InChI=1S/C20H14Cl2INO2/c1-12-8-16(23)2-5-18(12)24-20(25)7-4-17-3-6-19(26-17)13-9-14(21)11-15(22)10-13/h2-11H,1H3,(H,24,25)/b7-4+. The second kappa shape index (κ2) is 8.29. The number of anilines is 1. The summed E-state index contributed by atoms with van der Waals surface area (Å²) in [6.07, 6.45) is 3.05.